The third kappa shape index (κ3) is 6.15. The molecule has 0 saturated heterocycles. The van der Waals surface area contributed by atoms with E-state index in [1.165, 1.54) is 29.2 Å². The van der Waals surface area contributed by atoms with Gasteiger partial charge in [0.2, 0.25) is 5.91 Å². The van der Waals surface area contributed by atoms with Crippen LogP contribution < -0.4 is 10.6 Å². The summed E-state index contributed by atoms with van der Waals surface area (Å²) in [6.45, 7) is 0. The normalized spacial score (nSPS) is 11.6. The lowest BCUT2D eigenvalue weighted by molar-refractivity contribution is -0.115. The number of thioether (sulfide) groups is 1. The van der Waals surface area contributed by atoms with E-state index in [1.807, 2.05) is 47.8 Å². The summed E-state index contributed by atoms with van der Waals surface area (Å²) >= 11 is 14.8. The molecule has 1 heterocycles. The number of carbonyl (C=O) groups excluding carboxylic acids is 2. The van der Waals surface area contributed by atoms with Gasteiger partial charge in [0.15, 0.2) is 5.13 Å². The Morgan fingerprint density at radius 3 is 2.36 bits per heavy atom. The van der Waals surface area contributed by atoms with Crippen molar-refractivity contribution in [3.8, 4) is 0 Å². The SMILES string of the molecule is O=C(Nc1ccc(SC(C(=O)Nc2nccs2)c2ccccc2)cc1)c1ccc(Cl)cc1Cl. The molecule has 4 aromatic rings. The molecule has 0 saturated carbocycles. The van der Waals surface area contributed by atoms with Crippen molar-refractivity contribution in [2.75, 3.05) is 10.6 Å². The van der Waals surface area contributed by atoms with Crippen molar-refractivity contribution in [1.82, 2.24) is 4.98 Å². The van der Waals surface area contributed by atoms with Gasteiger partial charge < -0.3 is 10.6 Å². The molecule has 0 fully saturated rings. The molecule has 33 heavy (non-hydrogen) atoms. The zero-order chi connectivity index (χ0) is 23.2. The van der Waals surface area contributed by atoms with Crippen LogP contribution in [0.5, 0.6) is 0 Å². The fourth-order valence-corrected chi connectivity index (χ4v) is 5.03. The molecule has 2 N–H and O–H groups in total. The molecule has 0 radical (unpaired) electrons. The molecule has 0 aliphatic heterocycles. The molecule has 4 rings (SSSR count). The van der Waals surface area contributed by atoms with E-state index in [0.29, 0.717) is 21.4 Å². The second-order valence-corrected chi connectivity index (χ2v) is 9.75. The highest BCUT2D eigenvalue weighted by molar-refractivity contribution is 8.00. The lowest BCUT2D eigenvalue weighted by Gasteiger charge is -2.16. The first-order chi connectivity index (χ1) is 16.0. The summed E-state index contributed by atoms with van der Waals surface area (Å²) in [5.41, 5.74) is 1.83. The average molecular weight is 514 g/mol. The molecule has 9 heteroatoms. The van der Waals surface area contributed by atoms with Gasteiger partial charge in [-0.15, -0.1) is 23.1 Å². The Kier molecular flexibility index (Phi) is 7.67. The molecule has 1 unspecified atom stereocenters. The number of anilines is 2. The van der Waals surface area contributed by atoms with Crippen molar-refractivity contribution in [3.63, 3.8) is 0 Å². The Bertz CT molecular complexity index is 1250. The quantitative estimate of drug-likeness (QED) is 0.257. The highest BCUT2D eigenvalue weighted by atomic mass is 35.5. The number of rotatable bonds is 7. The number of nitrogens with one attached hydrogen (secondary N) is 2. The third-order valence-electron chi connectivity index (χ3n) is 4.54. The van der Waals surface area contributed by atoms with Crippen LogP contribution in [0.15, 0.2) is 89.3 Å². The first-order valence-corrected chi connectivity index (χ1v) is 12.3. The zero-order valence-electron chi connectivity index (χ0n) is 17.0. The minimum absolute atomic E-state index is 0.157. The Labute approximate surface area is 209 Å². The van der Waals surface area contributed by atoms with E-state index in [0.717, 1.165) is 10.5 Å². The van der Waals surface area contributed by atoms with E-state index in [9.17, 15) is 9.59 Å². The molecule has 0 aliphatic carbocycles. The predicted molar refractivity (Wildman–Crippen MR) is 137 cm³/mol. The molecular formula is C24H17Cl2N3O2S2. The summed E-state index contributed by atoms with van der Waals surface area (Å²) in [5, 5.41) is 8.34. The van der Waals surface area contributed by atoms with Crippen molar-refractivity contribution >= 4 is 68.9 Å². The van der Waals surface area contributed by atoms with Crippen LogP contribution in [0.1, 0.15) is 21.2 Å². The van der Waals surface area contributed by atoms with E-state index < -0.39 is 5.25 Å². The van der Waals surface area contributed by atoms with Crippen LogP contribution >= 0.6 is 46.3 Å². The zero-order valence-corrected chi connectivity index (χ0v) is 20.1. The number of hydrogen-bond donors (Lipinski definition) is 2. The van der Waals surface area contributed by atoms with Gasteiger partial charge in [0.05, 0.1) is 10.6 Å². The minimum Gasteiger partial charge on any atom is -0.322 e. The molecular weight excluding hydrogens is 497 g/mol. The molecule has 0 bridgehead atoms. The maximum atomic E-state index is 13.0. The number of benzene rings is 3. The first-order valence-electron chi connectivity index (χ1n) is 9.78. The van der Waals surface area contributed by atoms with Crippen LogP contribution in [0.25, 0.3) is 0 Å². The standard InChI is InChI=1S/C24H17Cl2N3O2S2/c25-16-6-11-19(20(26)14-16)22(30)28-17-7-9-18(10-8-17)33-21(15-4-2-1-3-5-15)23(31)29-24-27-12-13-32-24/h1-14,21H,(H,28,30)(H,27,29,31). The van der Waals surface area contributed by atoms with Gasteiger partial charge >= 0.3 is 0 Å². The van der Waals surface area contributed by atoms with Gasteiger partial charge in [-0.25, -0.2) is 4.98 Å². The fourth-order valence-electron chi connectivity index (χ4n) is 2.98. The van der Waals surface area contributed by atoms with Gasteiger partial charge in [0.1, 0.15) is 5.25 Å². The van der Waals surface area contributed by atoms with Crippen LogP contribution in [0.2, 0.25) is 10.0 Å². The van der Waals surface area contributed by atoms with Gasteiger partial charge in [0, 0.05) is 27.2 Å². The van der Waals surface area contributed by atoms with Crippen LogP contribution in [0.3, 0.4) is 0 Å². The van der Waals surface area contributed by atoms with Crippen LogP contribution in [-0.4, -0.2) is 16.8 Å². The summed E-state index contributed by atoms with van der Waals surface area (Å²) in [6.07, 6.45) is 1.65. The van der Waals surface area contributed by atoms with Gasteiger partial charge in [0.25, 0.3) is 5.91 Å². The topological polar surface area (TPSA) is 71.1 Å². The lowest BCUT2D eigenvalue weighted by atomic mass is 10.1. The van der Waals surface area contributed by atoms with Crippen LogP contribution in [0.4, 0.5) is 10.8 Å². The van der Waals surface area contributed by atoms with Crippen LogP contribution in [0, 0.1) is 0 Å². The number of carbonyl (C=O) groups is 2. The van der Waals surface area contributed by atoms with Crippen molar-refractivity contribution < 1.29 is 9.59 Å². The Balaban J connectivity index is 1.48. The third-order valence-corrected chi connectivity index (χ3v) is 7.05. The summed E-state index contributed by atoms with van der Waals surface area (Å²) < 4.78 is 0. The van der Waals surface area contributed by atoms with Gasteiger partial charge in [-0.1, -0.05) is 53.5 Å². The maximum absolute atomic E-state index is 13.0. The number of halogens is 2. The molecule has 166 valence electrons. The predicted octanol–water partition coefficient (Wildman–Crippen LogP) is 7.17. The van der Waals surface area contributed by atoms with Crippen molar-refractivity contribution in [2.45, 2.75) is 10.1 Å². The van der Waals surface area contributed by atoms with Gasteiger partial charge in [-0.2, -0.15) is 0 Å². The van der Waals surface area contributed by atoms with E-state index in [1.54, 1.807) is 30.5 Å². The van der Waals surface area contributed by atoms with Crippen molar-refractivity contribution in [3.05, 3.63) is 106 Å². The van der Waals surface area contributed by atoms with Gasteiger partial charge in [-0.05, 0) is 48.0 Å². The summed E-state index contributed by atoms with van der Waals surface area (Å²) in [7, 11) is 0. The highest BCUT2D eigenvalue weighted by Gasteiger charge is 2.23. The van der Waals surface area contributed by atoms with Crippen molar-refractivity contribution in [1.29, 1.82) is 0 Å². The Morgan fingerprint density at radius 1 is 0.939 bits per heavy atom. The summed E-state index contributed by atoms with van der Waals surface area (Å²) in [4.78, 5) is 30.5. The lowest BCUT2D eigenvalue weighted by Crippen LogP contribution is -2.18. The monoisotopic (exact) mass is 513 g/mol. The molecule has 0 aliphatic rings. The van der Waals surface area contributed by atoms with Crippen molar-refractivity contribution in [2.24, 2.45) is 0 Å². The number of nitrogens with zero attached hydrogens (tertiary/aromatic N) is 1. The first kappa shape index (κ1) is 23.3. The maximum Gasteiger partial charge on any atom is 0.257 e. The summed E-state index contributed by atoms with van der Waals surface area (Å²) in [5.74, 6) is -0.488. The number of aromatic nitrogens is 1. The minimum atomic E-state index is -0.469. The largest absolute Gasteiger partial charge is 0.322 e. The molecule has 2 amide bonds. The smallest absolute Gasteiger partial charge is 0.257 e. The molecule has 1 aromatic heterocycles. The summed E-state index contributed by atoms with van der Waals surface area (Å²) in [6, 6.07) is 21.6. The second kappa shape index (κ2) is 10.9. The molecule has 0 spiro atoms. The second-order valence-electron chi connectivity index (χ2n) is 6.84. The Hall–Kier alpha value is -2.84. The van der Waals surface area contributed by atoms with Gasteiger partial charge in [-0.3, -0.25) is 9.59 Å². The van der Waals surface area contributed by atoms with E-state index in [-0.39, 0.29) is 16.8 Å². The van der Waals surface area contributed by atoms with E-state index in [4.69, 9.17) is 23.2 Å². The van der Waals surface area contributed by atoms with E-state index >= 15 is 0 Å². The average Bonchev–Trinajstić information content (AvgIpc) is 3.32. The van der Waals surface area contributed by atoms with Crippen LogP contribution in [-0.2, 0) is 4.79 Å². The van der Waals surface area contributed by atoms with E-state index in [2.05, 4.69) is 15.6 Å². The number of hydrogen-bond acceptors (Lipinski definition) is 5. The number of thiazole rings is 1. The molecule has 1 atom stereocenters. The molecule has 5 nitrogen and oxygen atoms in total. The fraction of sp³-hybridized carbons (Fsp3) is 0.0417. The Morgan fingerprint density at radius 2 is 1.70 bits per heavy atom. The highest BCUT2D eigenvalue weighted by Crippen LogP contribution is 2.37. The molecule has 3 aromatic carbocycles. The number of amides is 2.